The van der Waals surface area contributed by atoms with Gasteiger partial charge >= 0.3 is 0 Å². The van der Waals surface area contributed by atoms with Crippen molar-refractivity contribution in [2.45, 2.75) is 18.9 Å². The maximum Gasteiger partial charge on any atom is 0.0327 e. The molecule has 20 heavy (non-hydrogen) atoms. The highest BCUT2D eigenvalue weighted by Gasteiger charge is 2.19. The van der Waals surface area contributed by atoms with E-state index in [0.717, 1.165) is 6.54 Å². The number of halogens is 1. The molecule has 2 heteroatoms. The predicted molar refractivity (Wildman–Crippen MR) is 88.7 cm³/mol. The van der Waals surface area contributed by atoms with Crippen LogP contribution in [0.5, 0.6) is 0 Å². The molecule has 3 aromatic carbocycles. The second-order valence-corrected chi connectivity index (χ2v) is 5.38. The number of rotatable bonds is 1. The molecule has 1 saturated heterocycles. The average molecular weight is 284 g/mol. The first kappa shape index (κ1) is 13.4. The zero-order valence-corrected chi connectivity index (χ0v) is 12.1. The average Bonchev–Trinajstić information content (AvgIpc) is 3.00. The molecular formula is C18H18ClN. The van der Waals surface area contributed by atoms with Gasteiger partial charge in [-0.3, -0.25) is 0 Å². The van der Waals surface area contributed by atoms with Crippen LogP contribution in [-0.2, 0) is 0 Å². The van der Waals surface area contributed by atoms with E-state index in [1.807, 2.05) is 0 Å². The summed E-state index contributed by atoms with van der Waals surface area (Å²) in [6, 6.07) is 20.4. The third-order valence-electron chi connectivity index (χ3n) is 4.24. The molecule has 0 saturated carbocycles. The van der Waals surface area contributed by atoms with E-state index >= 15 is 0 Å². The number of benzene rings is 3. The van der Waals surface area contributed by atoms with Gasteiger partial charge < -0.3 is 5.32 Å². The van der Waals surface area contributed by atoms with Crippen molar-refractivity contribution < 1.29 is 0 Å². The molecule has 1 heterocycles. The van der Waals surface area contributed by atoms with Crippen molar-refractivity contribution in [3.8, 4) is 0 Å². The van der Waals surface area contributed by atoms with Crippen molar-refractivity contribution in [3.63, 3.8) is 0 Å². The standard InChI is InChI=1S/C18H17N.ClH/c1-2-7-14-13(6-1)12-17(18-10-5-11-19-18)16-9-4-3-8-15(14)16;/h1-4,6-9,12,18-19H,5,10-11H2;1H/t18-;/m0./s1. The highest BCUT2D eigenvalue weighted by Crippen LogP contribution is 2.34. The van der Waals surface area contributed by atoms with E-state index in [4.69, 9.17) is 0 Å². The van der Waals surface area contributed by atoms with Gasteiger partial charge in [-0.05, 0) is 52.6 Å². The van der Waals surface area contributed by atoms with E-state index in [0.29, 0.717) is 6.04 Å². The van der Waals surface area contributed by atoms with Crippen LogP contribution >= 0.6 is 12.4 Å². The summed E-state index contributed by atoms with van der Waals surface area (Å²) in [5, 5.41) is 9.12. The Kier molecular flexibility index (Phi) is 3.64. The van der Waals surface area contributed by atoms with E-state index in [9.17, 15) is 0 Å². The van der Waals surface area contributed by atoms with Gasteiger partial charge in [-0.15, -0.1) is 12.4 Å². The summed E-state index contributed by atoms with van der Waals surface area (Å²) in [6.45, 7) is 1.14. The molecule has 0 unspecified atom stereocenters. The van der Waals surface area contributed by atoms with Gasteiger partial charge in [0.2, 0.25) is 0 Å². The van der Waals surface area contributed by atoms with Gasteiger partial charge in [0.05, 0.1) is 0 Å². The summed E-state index contributed by atoms with van der Waals surface area (Å²) in [7, 11) is 0. The van der Waals surface area contributed by atoms with Gasteiger partial charge in [0.15, 0.2) is 0 Å². The minimum Gasteiger partial charge on any atom is -0.310 e. The van der Waals surface area contributed by atoms with Gasteiger partial charge in [-0.25, -0.2) is 0 Å². The fourth-order valence-electron chi connectivity index (χ4n) is 3.32. The summed E-state index contributed by atoms with van der Waals surface area (Å²) in [5.41, 5.74) is 1.46. The van der Waals surface area contributed by atoms with E-state index in [1.165, 1.54) is 39.9 Å². The quantitative estimate of drug-likeness (QED) is 0.630. The lowest BCUT2D eigenvalue weighted by Crippen LogP contribution is -2.13. The normalized spacial score (nSPS) is 18.3. The number of hydrogen-bond acceptors (Lipinski definition) is 1. The summed E-state index contributed by atoms with van der Waals surface area (Å²) >= 11 is 0. The molecule has 0 bridgehead atoms. The third-order valence-corrected chi connectivity index (χ3v) is 4.24. The first-order valence-corrected chi connectivity index (χ1v) is 7.07. The molecule has 1 aliphatic heterocycles. The Labute approximate surface area is 125 Å². The molecule has 102 valence electrons. The van der Waals surface area contributed by atoms with Gasteiger partial charge in [-0.2, -0.15) is 0 Å². The first-order valence-electron chi connectivity index (χ1n) is 7.07. The van der Waals surface area contributed by atoms with Gasteiger partial charge in [-0.1, -0.05) is 48.5 Å². The number of hydrogen-bond donors (Lipinski definition) is 1. The van der Waals surface area contributed by atoms with Crippen LogP contribution in [0.25, 0.3) is 21.5 Å². The second kappa shape index (κ2) is 5.43. The van der Waals surface area contributed by atoms with Crippen molar-refractivity contribution in [2.75, 3.05) is 6.54 Å². The molecule has 0 aromatic heterocycles. The highest BCUT2D eigenvalue weighted by molar-refractivity contribution is 6.09. The molecule has 0 aliphatic carbocycles. The van der Waals surface area contributed by atoms with Crippen LogP contribution in [0.2, 0.25) is 0 Å². The molecule has 1 aliphatic rings. The lowest BCUT2D eigenvalue weighted by molar-refractivity contribution is 0.653. The molecule has 1 N–H and O–H groups in total. The zero-order chi connectivity index (χ0) is 12.7. The molecule has 4 rings (SSSR count). The SMILES string of the molecule is Cl.c1ccc2c(c1)cc([C@@H]1CCCN1)c1ccccc12. The monoisotopic (exact) mass is 283 g/mol. The smallest absolute Gasteiger partial charge is 0.0327 e. The van der Waals surface area contributed by atoms with Crippen LogP contribution in [0.15, 0.2) is 54.6 Å². The van der Waals surface area contributed by atoms with Crippen LogP contribution in [0.4, 0.5) is 0 Å². The largest absolute Gasteiger partial charge is 0.310 e. The second-order valence-electron chi connectivity index (χ2n) is 5.38. The topological polar surface area (TPSA) is 12.0 Å². The van der Waals surface area contributed by atoms with Crippen LogP contribution in [0.3, 0.4) is 0 Å². The molecule has 1 fully saturated rings. The Bertz CT molecular complexity index is 745. The van der Waals surface area contributed by atoms with E-state index in [2.05, 4.69) is 59.9 Å². The highest BCUT2D eigenvalue weighted by atomic mass is 35.5. The van der Waals surface area contributed by atoms with E-state index in [-0.39, 0.29) is 12.4 Å². The van der Waals surface area contributed by atoms with Crippen molar-refractivity contribution in [3.05, 3.63) is 60.2 Å². The zero-order valence-electron chi connectivity index (χ0n) is 11.3. The minimum atomic E-state index is 0. The van der Waals surface area contributed by atoms with E-state index < -0.39 is 0 Å². The van der Waals surface area contributed by atoms with Crippen LogP contribution in [0, 0.1) is 0 Å². The molecule has 1 atom stereocenters. The summed E-state index contributed by atoms with van der Waals surface area (Å²) in [5.74, 6) is 0. The third kappa shape index (κ3) is 2.07. The Balaban J connectivity index is 0.00000121. The summed E-state index contributed by atoms with van der Waals surface area (Å²) < 4.78 is 0. The lowest BCUT2D eigenvalue weighted by atomic mass is 9.93. The molecule has 0 amide bonds. The van der Waals surface area contributed by atoms with Crippen molar-refractivity contribution in [1.29, 1.82) is 0 Å². The summed E-state index contributed by atoms with van der Waals surface area (Å²) in [6.07, 6.45) is 2.54. The minimum absolute atomic E-state index is 0. The lowest BCUT2D eigenvalue weighted by Gasteiger charge is -2.16. The van der Waals surface area contributed by atoms with Gasteiger partial charge in [0.25, 0.3) is 0 Å². The molecular weight excluding hydrogens is 266 g/mol. The predicted octanol–water partition coefficient (Wildman–Crippen LogP) is 4.84. The molecule has 1 nitrogen and oxygen atoms in total. The number of fused-ring (bicyclic) bond motifs is 3. The Morgan fingerprint density at radius 1 is 0.850 bits per heavy atom. The Morgan fingerprint density at radius 2 is 1.55 bits per heavy atom. The van der Waals surface area contributed by atoms with E-state index in [1.54, 1.807) is 0 Å². The molecule has 0 spiro atoms. The van der Waals surface area contributed by atoms with Gasteiger partial charge in [0.1, 0.15) is 0 Å². The maximum absolute atomic E-state index is 3.63. The van der Waals surface area contributed by atoms with Crippen LogP contribution in [0.1, 0.15) is 24.4 Å². The summed E-state index contributed by atoms with van der Waals surface area (Å²) in [4.78, 5) is 0. The van der Waals surface area contributed by atoms with Crippen molar-refractivity contribution in [2.24, 2.45) is 0 Å². The maximum atomic E-state index is 3.63. The molecule has 3 aromatic rings. The van der Waals surface area contributed by atoms with Crippen molar-refractivity contribution >= 4 is 34.0 Å². The Hall–Kier alpha value is -1.57. The fraction of sp³-hybridized carbons (Fsp3) is 0.222. The fourth-order valence-corrected chi connectivity index (χ4v) is 3.32. The van der Waals surface area contributed by atoms with Crippen LogP contribution in [-0.4, -0.2) is 6.54 Å². The molecule has 0 radical (unpaired) electrons. The Morgan fingerprint density at radius 3 is 2.30 bits per heavy atom. The first-order chi connectivity index (χ1) is 9.43. The van der Waals surface area contributed by atoms with Crippen LogP contribution < -0.4 is 5.32 Å². The van der Waals surface area contributed by atoms with Gasteiger partial charge in [0, 0.05) is 6.04 Å². The van der Waals surface area contributed by atoms with Crippen molar-refractivity contribution in [1.82, 2.24) is 5.32 Å². The number of nitrogens with one attached hydrogen (secondary N) is 1.